The summed E-state index contributed by atoms with van der Waals surface area (Å²) in [7, 11) is 0. The molecule has 1 aromatic carbocycles. The van der Waals surface area contributed by atoms with Crippen LogP contribution in [0, 0.1) is 12.8 Å². The van der Waals surface area contributed by atoms with Crippen molar-refractivity contribution in [3.8, 4) is 5.75 Å². The Balaban J connectivity index is 1.46. The molecule has 1 N–H and O–H groups in total. The fourth-order valence-electron chi connectivity index (χ4n) is 5.07. The van der Waals surface area contributed by atoms with Crippen LogP contribution in [0.2, 0.25) is 0 Å². The number of fused-ring (bicyclic) bond motifs is 2. The number of hydrogen-bond acceptors (Lipinski definition) is 5. The number of carbonyl (C=O) groups is 1. The van der Waals surface area contributed by atoms with Crippen molar-refractivity contribution in [3.05, 3.63) is 39.7 Å². The number of nitrogens with zero attached hydrogens (tertiary/aromatic N) is 1. The lowest BCUT2D eigenvalue weighted by atomic mass is 9.71. The molecule has 1 saturated carbocycles. The summed E-state index contributed by atoms with van der Waals surface area (Å²) in [5.41, 5.74) is 1.27. The van der Waals surface area contributed by atoms with E-state index in [1.807, 2.05) is 24.0 Å². The van der Waals surface area contributed by atoms with Gasteiger partial charge in [-0.15, -0.1) is 0 Å². The summed E-state index contributed by atoms with van der Waals surface area (Å²) in [5, 5.41) is 11.7. The van der Waals surface area contributed by atoms with Gasteiger partial charge < -0.3 is 19.2 Å². The van der Waals surface area contributed by atoms with Crippen LogP contribution >= 0.6 is 0 Å². The van der Waals surface area contributed by atoms with Crippen LogP contribution < -0.4 is 10.4 Å². The molecular weight excluding hydrogens is 382 g/mol. The molecule has 4 rings (SSSR count). The predicted octanol–water partition coefficient (Wildman–Crippen LogP) is 3.59. The summed E-state index contributed by atoms with van der Waals surface area (Å²) in [5.74, 6) is 0.653. The second-order valence-corrected chi connectivity index (χ2v) is 8.83. The topological polar surface area (TPSA) is 80.0 Å². The summed E-state index contributed by atoms with van der Waals surface area (Å²) in [4.78, 5) is 26.6. The normalized spacial score (nSPS) is 24.0. The smallest absolute Gasteiger partial charge is 0.336 e. The number of ether oxygens (including phenoxy) is 1. The standard InChI is InChI=1S/C24H31NO5/c1-3-6-17-13-22(27)30-23-16(2)20(9-8-19(17)23)29-15-21(26)25-12-11-24(28)10-5-4-7-18(24)14-25/h8-9,13,18,28H,3-7,10-12,14-15H2,1-2H3/t18-,24-/m0/s1. The van der Waals surface area contributed by atoms with Gasteiger partial charge in [0.25, 0.3) is 5.91 Å². The number of carbonyl (C=O) groups excluding carboxylic acids is 1. The minimum Gasteiger partial charge on any atom is -0.483 e. The molecule has 162 valence electrons. The number of likely N-dealkylation sites (tertiary alicyclic amines) is 1. The van der Waals surface area contributed by atoms with Crippen molar-refractivity contribution in [1.29, 1.82) is 0 Å². The molecule has 0 radical (unpaired) electrons. The van der Waals surface area contributed by atoms with Crippen molar-refractivity contribution in [3.63, 3.8) is 0 Å². The van der Waals surface area contributed by atoms with E-state index in [2.05, 4.69) is 6.92 Å². The summed E-state index contributed by atoms with van der Waals surface area (Å²) in [6.45, 7) is 5.04. The monoisotopic (exact) mass is 413 g/mol. The lowest BCUT2D eigenvalue weighted by Crippen LogP contribution is -2.55. The van der Waals surface area contributed by atoms with Gasteiger partial charge in [-0.25, -0.2) is 4.79 Å². The van der Waals surface area contributed by atoms with Crippen LogP contribution in [0.5, 0.6) is 5.75 Å². The van der Waals surface area contributed by atoms with Crippen LogP contribution in [0.3, 0.4) is 0 Å². The van der Waals surface area contributed by atoms with Crippen LogP contribution in [0.15, 0.2) is 27.4 Å². The maximum absolute atomic E-state index is 12.8. The molecule has 0 unspecified atom stereocenters. The van der Waals surface area contributed by atoms with Crippen LogP contribution in [0.4, 0.5) is 0 Å². The van der Waals surface area contributed by atoms with Crippen molar-refractivity contribution < 1.29 is 19.1 Å². The van der Waals surface area contributed by atoms with Crippen LogP contribution in [0.1, 0.15) is 56.6 Å². The number of piperidine rings is 1. The van der Waals surface area contributed by atoms with Gasteiger partial charge in [0, 0.05) is 36.0 Å². The van der Waals surface area contributed by atoms with Gasteiger partial charge in [-0.3, -0.25) is 4.79 Å². The maximum Gasteiger partial charge on any atom is 0.336 e. The highest BCUT2D eigenvalue weighted by Gasteiger charge is 2.43. The summed E-state index contributed by atoms with van der Waals surface area (Å²) in [6, 6.07) is 5.30. The van der Waals surface area contributed by atoms with E-state index >= 15 is 0 Å². The second-order valence-electron chi connectivity index (χ2n) is 8.83. The third-order valence-electron chi connectivity index (χ3n) is 6.85. The third-order valence-corrected chi connectivity index (χ3v) is 6.85. The zero-order valence-electron chi connectivity index (χ0n) is 17.9. The minimum absolute atomic E-state index is 0.0591. The Bertz CT molecular complexity index is 997. The Hall–Kier alpha value is -2.34. The molecule has 1 saturated heterocycles. The van der Waals surface area contributed by atoms with Gasteiger partial charge in [0.1, 0.15) is 11.3 Å². The Labute approximate surface area is 176 Å². The highest BCUT2D eigenvalue weighted by molar-refractivity contribution is 5.85. The Morgan fingerprint density at radius 3 is 2.97 bits per heavy atom. The van der Waals surface area contributed by atoms with Gasteiger partial charge in [-0.05, 0) is 50.3 Å². The quantitative estimate of drug-likeness (QED) is 0.758. The fourth-order valence-corrected chi connectivity index (χ4v) is 5.07. The molecule has 1 aliphatic heterocycles. The van der Waals surface area contributed by atoms with E-state index in [0.717, 1.165) is 55.0 Å². The first kappa shape index (κ1) is 20.9. The third kappa shape index (κ3) is 3.97. The minimum atomic E-state index is -0.599. The first-order chi connectivity index (χ1) is 14.4. The maximum atomic E-state index is 12.8. The average Bonchev–Trinajstić information content (AvgIpc) is 2.73. The molecule has 2 atom stereocenters. The second kappa shape index (κ2) is 8.42. The van der Waals surface area contributed by atoms with Gasteiger partial charge in [-0.2, -0.15) is 0 Å². The molecule has 0 bridgehead atoms. The van der Waals surface area contributed by atoms with Gasteiger partial charge in [0.05, 0.1) is 5.60 Å². The van der Waals surface area contributed by atoms with Crippen molar-refractivity contribution in [2.24, 2.45) is 5.92 Å². The number of hydrogen-bond donors (Lipinski definition) is 1. The molecule has 2 heterocycles. The van der Waals surface area contributed by atoms with Gasteiger partial charge in [0.15, 0.2) is 6.61 Å². The molecule has 2 fully saturated rings. The highest BCUT2D eigenvalue weighted by atomic mass is 16.5. The average molecular weight is 414 g/mol. The highest BCUT2D eigenvalue weighted by Crippen LogP contribution is 2.39. The SMILES string of the molecule is CCCc1cc(=O)oc2c(C)c(OCC(=O)N3CC[C@@]4(O)CCCC[C@H]4C3)ccc12. The number of aryl methyl sites for hydroxylation is 2. The number of rotatable bonds is 5. The van der Waals surface area contributed by atoms with E-state index < -0.39 is 5.60 Å². The lowest BCUT2D eigenvalue weighted by molar-refractivity contribution is -0.145. The molecule has 6 heteroatoms. The molecule has 30 heavy (non-hydrogen) atoms. The molecule has 6 nitrogen and oxygen atoms in total. The molecular formula is C24H31NO5. The van der Waals surface area contributed by atoms with Crippen molar-refractivity contribution in [1.82, 2.24) is 4.90 Å². The first-order valence-electron chi connectivity index (χ1n) is 11.1. The van der Waals surface area contributed by atoms with Crippen LogP contribution in [0.25, 0.3) is 11.0 Å². The first-order valence-corrected chi connectivity index (χ1v) is 11.1. The lowest BCUT2D eigenvalue weighted by Gasteiger charge is -2.47. The molecule has 0 spiro atoms. The van der Waals surface area contributed by atoms with E-state index in [4.69, 9.17) is 9.15 Å². The summed E-state index contributed by atoms with van der Waals surface area (Å²) in [6.07, 6.45) is 6.40. The van der Waals surface area contributed by atoms with Gasteiger partial charge >= 0.3 is 5.63 Å². The fraction of sp³-hybridized carbons (Fsp3) is 0.583. The number of aliphatic hydroxyl groups is 1. The Morgan fingerprint density at radius 1 is 1.33 bits per heavy atom. The Kier molecular flexibility index (Phi) is 5.87. The van der Waals surface area contributed by atoms with Gasteiger partial charge in [0.2, 0.25) is 0 Å². The largest absolute Gasteiger partial charge is 0.483 e. The van der Waals surface area contributed by atoms with Crippen molar-refractivity contribution >= 4 is 16.9 Å². The molecule has 1 aliphatic carbocycles. The van der Waals surface area contributed by atoms with E-state index in [-0.39, 0.29) is 24.1 Å². The Morgan fingerprint density at radius 2 is 2.17 bits per heavy atom. The summed E-state index contributed by atoms with van der Waals surface area (Å²) >= 11 is 0. The summed E-state index contributed by atoms with van der Waals surface area (Å²) < 4.78 is 11.3. The van der Waals surface area contributed by atoms with Crippen LogP contribution in [-0.4, -0.2) is 41.2 Å². The number of benzene rings is 1. The number of amides is 1. The van der Waals surface area contributed by atoms with E-state index in [9.17, 15) is 14.7 Å². The molecule has 1 amide bonds. The van der Waals surface area contributed by atoms with Crippen molar-refractivity contribution in [2.45, 2.75) is 64.4 Å². The van der Waals surface area contributed by atoms with Crippen molar-refractivity contribution in [2.75, 3.05) is 19.7 Å². The van der Waals surface area contributed by atoms with Gasteiger partial charge in [-0.1, -0.05) is 26.2 Å². The predicted molar refractivity (Wildman–Crippen MR) is 115 cm³/mol. The molecule has 1 aromatic heterocycles. The molecule has 2 aliphatic rings. The molecule has 2 aromatic rings. The van der Waals surface area contributed by atoms with Crippen LogP contribution in [-0.2, 0) is 11.2 Å². The zero-order chi connectivity index (χ0) is 21.3. The van der Waals surface area contributed by atoms with E-state index in [1.54, 1.807) is 6.07 Å². The zero-order valence-corrected chi connectivity index (χ0v) is 17.9. The van der Waals surface area contributed by atoms with E-state index in [0.29, 0.717) is 30.8 Å². The van der Waals surface area contributed by atoms with E-state index in [1.165, 1.54) is 0 Å².